The largest absolute Gasteiger partial charge is 0.325 e. The molecule has 0 fully saturated rings. The molecule has 6 heteroatoms. The number of nitrogens with one attached hydrogen (secondary N) is 1. The van der Waals surface area contributed by atoms with E-state index in [-0.39, 0.29) is 17.5 Å². The molecule has 0 aliphatic rings. The number of aromatic nitrogens is 2. The topological polar surface area (TPSA) is 46.9 Å². The Kier molecular flexibility index (Phi) is 5.95. The second-order valence-electron chi connectivity index (χ2n) is 6.81. The second-order valence-corrected chi connectivity index (χ2v) is 7.75. The number of para-hydroxylation sites is 1. The number of carbonyl (C=O) groups excluding carboxylic acids is 1. The van der Waals surface area contributed by atoms with Crippen molar-refractivity contribution in [3.63, 3.8) is 0 Å². The molecule has 3 aromatic carbocycles. The van der Waals surface area contributed by atoms with Crippen LogP contribution in [-0.4, -0.2) is 21.2 Å². The van der Waals surface area contributed by atoms with Crippen molar-refractivity contribution >= 4 is 23.4 Å². The summed E-state index contributed by atoms with van der Waals surface area (Å²) in [6.07, 6.45) is 1.78. The van der Waals surface area contributed by atoms with Crippen LogP contribution >= 0.6 is 11.8 Å². The summed E-state index contributed by atoms with van der Waals surface area (Å²) in [4.78, 5) is 16.9. The average molecular weight is 418 g/mol. The van der Waals surface area contributed by atoms with Crippen molar-refractivity contribution in [1.29, 1.82) is 0 Å². The molecule has 0 saturated heterocycles. The Morgan fingerprint density at radius 1 is 1.00 bits per heavy atom. The normalized spacial score (nSPS) is 10.7. The van der Waals surface area contributed by atoms with Gasteiger partial charge >= 0.3 is 0 Å². The van der Waals surface area contributed by atoms with E-state index in [0.717, 1.165) is 22.6 Å². The van der Waals surface area contributed by atoms with Crippen molar-refractivity contribution in [2.24, 2.45) is 0 Å². The molecule has 0 spiro atoms. The van der Waals surface area contributed by atoms with E-state index in [1.54, 1.807) is 18.3 Å². The smallest absolute Gasteiger partial charge is 0.234 e. The van der Waals surface area contributed by atoms with Gasteiger partial charge in [0.25, 0.3) is 0 Å². The number of halogens is 1. The van der Waals surface area contributed by atoms with Gasteiger partial charge in [-0.25, -0.2) is 9.37 Å². The number of nitrogens with zero attached hydrogens (tertiary/aromatic N) is 2. The van der Waals surface area contributed by atoms with E-state index in [4.69, 9.17) is 0 Å². The van der Waals surface area contributed by atoms with Crippen LogP contribution in [0.2, 0.25) is 0 Å². The number of imidazole rings is 1. The lowest BCUT2D eigenvalue weighted by Crippen LogP contribution is -2.14. The Morgan fingerprint density at radius 2 is 1.70 bits per heavy atom. The number of aryl methyl sites for hydroxylation is 1. The molecule has 1 heterocycles. The Labute approximate surface area is 178 Å². The van der Waals surface area contributed by atoms with E-state index >= 15 is 0 Å². The lowest BCUT2D eigenvalue weighted by molar-refractivity contribution is -0.113. The van der Waals surface area contributed by atoms with E-state index in [9.17, 15) is 9.18 Å². The Morgan fingerprint density at radius 3 is 2.40 bits per heavy atom. The molecule has 30 heavy (non-hydrogen) atoms. The molecule has 0 radical (unpaired) electrons. The summed E-state index contributed by atoms with van der Waals surface area (Å²) in [5.74, 6) is -0.204. The predicted octanol–water partition coefficient (Wildman–Crippen LogP) is 5.72. The first kappa shape index (κ1) is 19.9. The van der Waals surface area contributed by atoms with Gasteiger partial charge in [-0.2, -0.15) is 0 Å². The van der Waals surface area contributed by atoms with Gasteiger partial charge in [0, 0.05) is 16.9 Å². The highest BCUT2D eigenvalue weighted by atomic mass is 32.2. The van der Waals surface area contributed by atoms with Crippen LogP contribution < -0.4 is 5.32 Å². The third kappa shape index (κ3) is 4.60. The number of benzene rings is 3. The third-order valence-electron chi connectivity index (χ3n) is 4.55. The molecule has 0 atom stereocenters. The van der Waals surface area contributed by atoms with Crippen molar-refractivity contribution in [3.05, 3.63) is 96.4 Å². The minimum Gasteiger partial charge on any atom is -0.325 e. The van der Waals surface area contributed by atoms with Crippen molar-refractivity contribution in [2.45, 2.75) is 12.1 Å². The van der Waals surface area contributed by atoms with Crippen LogP contribution in [0.4, 0.5) is 10.1 Å². The summed E-state index contributed by atoms with van der Waals surface area (Å²) in [6.45, 7) is 2.04. The lowest BCUT2D eigenvalue weighted by atomic mass is 10.1. The maximum Gasteiger partial charge on any atom is 0.234 e. The summed E-state index contributed by atoms with van der Waals surface area (Å²) >= 11 is 1.34. The van der Waals surface area contributed by atoms with Gasteiger partial charge in [-0.05, 0) is 43.3 Å². The minimum absolute atomic E-state index is 0.114. The Balaban J connectivity index is 1.61. The van der Waals surface area contributed by atoms with Gasteiger partial charge in [0.15, 0.2) is 5.16 Å². The first-order chi connectivity index (χ1) is 14.6. The predicted molar refractivity (Wildman–Crippen MR) is 119 cm³/mol. The maximum absolute atomic E-state index is 13.5. The van der Waals surface area contributed by atoms with Crippen molar-refractivity contribution in [3.8, 4) is 16.9 Å². The van der Waals surface area contributed by atoms with Gasteiger partial charge in [-0.3, -0.25) is 9.36 Å². The van der Waals surface area contributed by atoms with E-state index in [0.29, 0.717) is 5.16 Å². The summed E-state index contributed by atoms with van der Waals surface area (Å²) < 4.78 is 15.4. The van der Waals surface area contributed by atoms with E-state index in [1.807, 2.05) is 66.1 Å². The minimum atomic E-state index is -0.299. The monoisotopic (exact) mass is 417 g/mol. The van der Waals surface area contributed by atoms with E-state index in [2.05, 4.69) is 10.3 Å². The van der Waals surface area contributed by atoms with Crippen molar-refractivity contribution < 1.29 is 9.18 Å². The highest BCUT2D eigenvalue weighted by Gasteiger charge is 2.16. The molecule has 1 aromatic heterocycles. The fraction of sp³-hybridized carbons (Fsp3) is 0.0833. The molecule has 4 aromatic rings. The van der Waals surface area contributed by atoms with Gasteiger partial charge in [0.05, 0.1) is 17.6 Å². The standard InChI is InChI=1S/C24H20FN3OS/c1-17-7-9-18(10-8-17)22-15-26-24(28(22)21-13-11-19(25)12-14-21)30-16-23(29)27-20-5-3-2-4-6-20/h2-15H,16H2,1H3,(H,27,29). The van der Waals surface area contributed by atoms with Crippen LogP contribution in [0.5, 0.6) is 0 Å². The molecule has 0 saturated carbocycles. The molecular weight excluding hydrogens is 397 g/mol. The molecule has 1 N–H and O–H groups in total. The van der Waals surface area contributed by atoms with Crippen molar-refractivity contribution in [2.75, 3.05) is 11.1 Å². The summed E-state index contributed by atoms with van der Waals surface area (Å²) in [5, 5.41) is 3.54. The Hall–Kier alpha value is -3.38. The zero-order chi connectivity index (χ0) is 20.9. The van der Waals surface area contributed by atoms with Crippen LogP contribution in [0.3, 0.4) is 0 Å². The third-order valence-corrected chi connectivity index (χ3v) is 5.50. The fourth-order valence-corrected chi connectivity index (χ4v) is 3.85. The number of thioether (sulfide) groups is 1. The van der Waals surface area contributed by atoms with Gasteiger partial charge in [0.2, 0.25) is 5.91 Å². The first-order valence-electron chi connectivity index (χ1n) is 9.48. The van der Waals surface area contributed by atoms with Crippen LogP contribution in [-0.2, 0) is 4.79 Å². The number of hydrogen-bond donors (Lipinski definition) is 1. The SMILES string of the molecule is Cc1ccc(-c2cnc(SCC(=O)Nc3ccccc3)n2-c2ccc(F)cc2)cc1. The quantitative estimate of drug-likeness (QED) is 0.408. The number of carbonyl (C=O) groups is 1. The number of hydrogen-bond acceptors (Lipinski definition) is 3. The van der Waals surface area contributed by atoms with Crippen LogP contribution in [0, 0.1) is 12.7 Å². The molecule has 0 bridgehead atoms. The Bertz CT molecular complexity index is 1140. The van der Waals surface area contributed by atoms with Crippen LogP contribution in [0.15, 0.2) is 90.2 Å². The van der Waals surface area contributed by atoms with Gasteiger partial charge < -0.3 is 5.32 Å². The number of amides is 1. The maximum atomic E-state index is 13.5. The highest BCUT2D eigenvalue weighted by molar-refractivity contribution is 7.99. The lowest BCUT2D eigenvalue weighted by Gasteiger charge is -2.12. The summed E-state index contributed by atoms with van der Waals surface area (Å²) in [6, 6.07) is 23.7. The van der Waals surface area contributed by atoms with Crippen LogP contribution in [0.1, 0.15) is 5.56 Å². The molecule has 0 unspecified atom stereocenters. The molecule has 150 valence electrons. The van der Waals surface area contributed by atoms with Crippen LogP contribution in [0.25, 0.3) is 16.9 Å². The highest BCUT2D eigenvalue weighted by Crippen LogP contribution is 2.30. The summed E-state index contributed by atoms with van der Waals surface area (Å²) in [7, 11) is 0. The zero-order valence-corrected chi connectivity index (χ0v) is 17.2. The van der Waals surface area contributed by atoms with Gasteiger partial charge in [0.1, 0.15) is 5.82 Å². The number of rotatable bonds is 6. The average Bonchev–Trinajstić information content (AvgIpc) is 3.18. The number of anilines is 1. The molecule has 4 nitrogen and oxygen atoms in total. The molecule has 4 rings (SSSR count). The second kappa shape index (κ2) is 8.97. The molecule has 0 aliphatic heterocycles. The molecule has 0 aliphatic carbocycles. The van der Waals surface area contributed by atoms with Crippen molar-refractivity contribution in [1.82, 2.24) is 9.55 Å². The molecular formula is C24H20FN3OS. The zero-order valence-electron chi connectivity index (χ0n) is 16.4. The van der Waals surface area contributed by atoms with E-state index in [1.165, 1.54) is 29.5 Å². The van der Waals surface area contributed by atoms with E-state index < -0.39 is 0 Å². The van der Waals surface area contributed by atoms with Gasteiger partial charge in [-0.1, -0.05) is 59.8 Å². The fourth-order valence-electron chi connectivity index (χ4n) is 3.05. The summed E-state index contributed by atoms with van der Waals surface area (Å²) in [5.41, 5.74) is 4.59. The molecule has 1 amide bonds. The first-order valence-corrected chi connectivity index (χ1v) is 10.5. The van der Waals surface area contributed by atoms with Gasteiger partial charge in [-0.15, -0.1) is 0 Å².